The fraction of sp³-hybridized carbons (Fsp3) is 1.00. The van der Waals surface area contributed by atoms with Crippen LogP contribution in [0.3, 0.4) is 0 Å². The van der Waals surface area contributed by atoms with E-state index in [0.717, 1.165) is 5.41 Å². The maximum Gasteiger partial charge on any atom is -0.0198 e. The van der Waals surface area contributed by atoms with E-state index in [1.54, 1.807) is 0 Å². The minimum Gasteiger partial charge on any atom is -0.0648 e. The van der Waals surface area contributed by atoms with Crippen molar-refractivity contribution >= 4 is 0 Å². The van der Waals surface area contributed by atoms with Crippen LogP contribution >= 0.6 is 0 Å². The molecule has 0 aromatic heterocycles. The van der Waals surface area contributed by atoms with Crippen molar-refractivity contribution in [3.63, 3.8) is 0 Å². The third kappa shape index (κ3) is 0.121. The highest BCUT2D eigenvalue weighted by atomic mass is 15.1. The summed E-state index contributed by atoms with van der Waals surface area (Å²) < 4.78 is 0. The van der Waals surface area contributed by atoms with Gasteiger partial charge >= 0.3 is 0 Å². The molecule has 0 saturated heterocycles. The lowest BCUT2D eigenvalue weighted by molar-refractivity contribution is -0.615. The van der Waals surface area contributed by atoms with Gasteiger partial charge < -0.3 is 0 Å². The van der Waals surface area contributed by atoms with Gasteiger partial charge in [0.15, 0.2) is 0 Å². The predicted octanol–water partition coefficient (Wildman–Crippen LogP) is 1.76. The minimum absolute atomic E-state index is 1.01. The van der Waals surface area contributed by atoms with Crippen molar-refractivity contribution in [2.75, 3.05) is 0 Å². The topological polar surface area (TPSA) is 0 Å². The van der Waals surface area contributed by atoms with Gasteiger partial charge in [-0.15, -0.1) is 0 Å². The van der Waals surface area contributed by atoms with Crippen LogP contribution in [-0.2, 0) is 0 Å². The van der Waals surface area contributed by atoms with Gasteiger partial charge in [0.2, 0.25) is 0 Å². The van der Waals surface area contributed by atoms with Crippen LogP contribution in [0.15, 0.2) is 0 Å². The van der Waals surface area contributed by atoms with E-state index < -0.39 is 0 Å². The Balaban J connectivity index is 1.79. The summed E-state index contributed by atoms with van der Waals surface area (Å²) in [5.41, 5.74) is 1.01. The fourth-order valence-electron chi connectivity index (χ4n) is 6.38. The molecule has 10 heavy (non-hydrogen) atoms. The lowest BCUT2D eigenvalue weighted by atomic mass is 8.96. The summed E-state index contributed by atoms with van der Waals surface area (Å²) in [6, 6.07) is 0. The van der Waals surface area contributed by atoms with Gasteiger partial charge in [0, 0.05) is 0 Å². The molecular formula is C10H12. The van der Waals surface area contributed by atoms with E-state index in [4.69, 9.17) is 0 Å². The van der Waals surface area contributed by atoms with Crippen molar-refractivity contribution < 1.29 is 0 Å². The molecule has 0 heteroatoms. The first-order chi connectivity index (χ1) is 4.93. The zero-order valence-electron chi connectivity index (χ0n) is 6.25. The summed E-state index contributed by atoms with van der Waals surface area (Å²) in [4.78, 5) is 0. The summed E-state index contributed by atoms with van der Waals surface area (Å²) in [6.45, 7) is 2.43. The molecular weight excluding hydrogens is 120 g/mol. The van der Waals surface area contributed by atoms with Gasteiger partial charge in [0.25, 0.3) is 0 Å². The third-order valence-corrected chi connectivity index (χ3v) is 6.30. The molecule has 0 unspecified atom stereocenters. The highest BCUT2D eigenvalue weighted by Gasteiger charge is 3.03. The van der Waals surface area contributed by atoms with Crippen LogP contribution in [-0.4, -0.2) is 0 Å². The highest BCUT2D eigenvalue weighted by molar-refractivity contribution is 5.49. The molecule has 0 atom stereocenters. The van der Waals surface area contributed by atoms with E-state index in [1.807, 2.05) is 0 Å². The van der Waals surface area contributed by atoms with Crippen molar-refractivity contribution in [3.05, 3.63) is 0 Å². The fourth-order valence-corrected chi connectivity index (χ4v) is 6.38. The molecule has 0 spiro atoms. The number of hydrogen-bond acceptors (Lipinski definition) is 0. The lowest BCUT2D eigenvalue weighted by Gasteiger charge is -3.08. The van der Waals surface area contributed by atoms with Crippen LogP contribution in [0.2, 0.25) is 0 Å². The monoisotopic (exact) mass is 132 g/mol. The average molecular weight is 132 g/mol. The van der Waals surface area contributed by atoms with Gasteiger partial charge in [-0.2, -0.15) is 0 Å². The SMILES string of the molecule is CCC12C3C4C5C3C1C5C42. The van der Waals surface area contributed by atoms with E-state index in [1.165, 1.54) is 47.8 Å². The Kier molecular flexibility index (Phi) is 0.304. The Labute approximate surface area is 61.0 Å². The molecule has 52 valence electrons. The second kappa shape index (κ2) is 0.735. The lowest BCUT2D eigenvalue weighted by Crippen LogP contribution is -3.05. The Morgan fingerprint density at radius 2 is 1.40 bits per heavy atom. The standard InChI is InChI=1S/C10H12/c1-2-10-7-4-3-5(7)9(10)6(3)8(4)10/h3-9H,2H2,1H3. The molecule has 0 N–H and O–H groups in total. The molecule has 0 aromatic carbocycles. The van der Waals surface area contributed by atoms with Crippen molar-refractivity contribution in [2.45, 2.75) is 13.3 Å². The second-order valence-corrected chi connectivity index (χ2v) is 5.35. The molecule has 6 rings (SSSR count). The molecule has 0 nitrogen and oxygen atoms in total. The molecule has 6 saturated carbocycles. The van der Waals surface area contributed by atoms with Crippen LogP contribution < -0.4 is 0 Å². The van der Waals surface area contributed by atoms with E-state index in [9.17, 15) is 0 Å². The summed E-state index contributed by atoms with van der Waals surface area (Å²) in [7, 11) is 0. The van der Waals surface area contributed by atoms with Gasteiger partial charge in [-0.05, 0) is 53.3 Å². The largest absolute Gasteiger partial charge is 0.0648 e. The molecule has 6 fully saturated rings. The Morgan fingerprint density at radius 1 is 0.900 bits per heavy atom. The molecule has 0 bridgehead atoms. The smallest absolute Gasteiger partial charge is 0.0198 e. The van der Waals surface area contributed by atoms with Gasteiger partial charge in [0.1, 0.15) is 0 Å². The van der Waals surface area contributed by atoms with E-state index >= 15 is 0 Å². The molecule has 0 amide bonds. The highest BCUT2D eigenvalue weighted by Crippen LogP contribution is 3.06. The number of hydrogen-bond donors (Lipinski definition) is 0. The molecule has 6 aliphatic carbocycles. The van der Waals surface area contributed by atoms with Crippen LogP contribution in [0.4, 0.5) is 0 Å². The van der Waals surface area contributed by atoms with Crippen molar-refractivity contribution in [2.24, 2.45) is 46.8 Å². The van der Waals surface area contributed by atoms with Crippen molar-refractivity contribution in [3.8, 4) is 0 Å². The zero-order chi connectivity index (χ0) is 6.25. The molecule has 0 aliphatic heterocycles. The molecule has 0 radical (unpaired) electrons. The summed E-state index contributed by atoms with van der Waals surface area (Å²) in [5.74, 6) is 9.11. The van der Waals surface area contributed by atoms with Crippen LogP contribution in [0.5, 0.6) is 0 Å². The molecule has 0 aromatic rings. The van der Waals surface area contributed by atoms with Gasteiger partial charge in [-0.1, -0.05) is 6.92 Å². The van der Waals surface area contributed by atoms with Gasteiger partial charge in [-0.25, -0.2) is 0 Å². The minimum atomic E-state index is 1.01. The molecule has 6 aliphatic rings. The van der Waals surface area contributed by atoms with Crippen LogP contribution in [0, 0.1) is 46.8 Å². The summed E-state index contributed by atoms with van der Waals surface area (Å²) in [6.07, 6.45) is 1.53. The first-order valence-corrected chi connectivity index (χ1v) is 4.93. The first-order valence-electron chi connectivity index (χ1n) is 4.93. The third-order valence-electron chi connectivity index (χ3n) is 6.30. The van der Waals surface area contributed by atoms with E-state index in [2.05, 4.69) is 6.92 Å². The van der Waals surface area contributed by atoms with E-state index in [-0.39, 0.29) is 0 Å². The van der Waals surface area contributed by atoms with Crippen LogP contribution in [0.25, 0.3) is 0 Å². The normalized spacial score (nSPS) is 96.3. The maximum atomic E-state index is 2.43. The van der Waals surface area contributed by atoms with Gasteiger partial charge in [-0.3, -0.25) is 0 Å². The Hall–Kier alpha value is 0. The number of rotatable bonds is 1. The summed E-state index contributed by atoms with van der Waals surface area (Å²) in [5, 5.41) is 0. The molecule has 0 heterocycles. The van der Waals surface area contributed by atoms with E-state index in [0.29, 0.717) is 0 Å². The summed E-state index contributed by atoms with van der Waals surface area (Å²) >= 11 is 0. The van der Waals surface area contributed by atoms with Crippen LogP contribution in [0.1, 0.15) is 13.3 Å². The van der Waals surface area contributed by atoms with Gasteiger partial charge in [0.05, 0.1) is 0 Å². The Morgan fingerprint density at radius 3 is 1.70 bits per heavy atom. The average Bonchev–Trinajstić information content (AvgIpc) is 2.05. The van der Waals surface area contributed by atoms with Crippen molar-refractivity contribution in [1.82, 2.24) is 0 Å². The Bertz CT molecular complexity index is 214. The maximum absolute atomic E-state index is 2.43. The van der Waals surface area contributed by atoms with Crippen molar-refractivity contribution in [1.29, 1.82) is 0 Å². The second-order valence-electron chi connectivity index (χ2n) is 5.35. The quantitative estimate of drug-likeness (QED) is 0.510. The first kappa shape index (κ1) is 4.13. The zero-order valence-corrected chi connectivity index (χ0v) is 6.25. The predicted molar refractivity (Wildman–Crippen MR) is 37.2 cm³/mol.